The summed E-state index contributed by atoms with van der Waals surface area (Å²) >= 11 is 1.25. The smallest absolute Gasteiger partial charge is 0.321 e. The zero-order valence-corrected chi connectivity index (χ0v) is 12.7. The van der Waals surface area contributed by atoms with Crippen LogP contribution in [-0.2, 0) is 4.79 Å². The first-order chi connectivity index (χ1) is 10.6. The molecule has 3 N–H and O–H groups in total. The van der Waals surface area contributed by atoms with Crippen LogP contribution in [0.4, 0.5) is 10.5 Å². The predicted molar refractivity (Wildman–Crippen MR) is 84.5 cm³/mol. The van der Waals surface area contributed by atoms with Crippen molar-refractivity contribution < 1.29 is 19.5 Å². The minimum Gasteiger partial charge on any atom is -0.481 e. The third-order valence-electron chi connectivity index (χ3n) is 3.06. The van der Waals surface area contributed by atoms with Gasteiger partial charge >= 0.3 is 12.0 Å². The molecule has 1 fully saturated rings. The molecule has 1 aromatic rings. The lowest BCUT2D eigenvalue weighted by atomic mass is 10.2. The summed E-state index contributed by atoms with van der Waals surface area (Å²) in [4.78, 5) is 35.4. The molecule has 1 aliphatic heterocycles. The molecule has 0 saturated carbocycles. The monoisotopic (exact) mass is 323 g/mol. The Labute approximate surface area is 132 Å². The van der Waals surface area contributed by atoms with Crippen LogP contribution in [0.2, 0.25) is 0 Å². The fourth-order valence-electron chi connectivity index (χ4n) is 2.01. The summed E-state index contributed by atoms with van der Waals surface area (Å²) in [6, 6.07) is 6.67. The second-order valence-corrected chi connectivity index (χ2v) is 5.74. The topological polar surface area (TPSA) is 98.7 Å². The van der Waals surface area contributed by atoms with Gasteiger partial charge in [0.1, 0.15) is 0 Å². The van der Waals surface area contributed by atoms with Crippen LogP contribution in [0.15, 0.2) is 24.3 Å². The number of carboxylic acid groups (broad SMARTS) is 1. The number of carbonyl (C=O) groups is 3. The van der Waals surface area contributed by atoms with Crippen molar-refractivity contribution in [1.82, 2.24) is 10.6 Å². The number of rotatable bonds is 7. The molecular formula is C14H17N3O4S. The first-order valence-corrected chi connectivity index (χ1v) is 7.96. The molecule has 0 aromatic heterocycles. The van der Waals surface area contributed by atoms with Gasteiger partial charge in [0.2, 0.25) is 0 Å². The standard InChI is InChI=1S/C14H17N3O4S/c18-12(19)9-22-8-6-15-13(20)10-1-3-11(4-2-10)17-7-5-16-14(17)21/h1-4H,5-9H2,(H,15,20)(H,16,21)(H,18,19). The van der Waals surface area contributed by atoms with Crippen LogP contribution in [0.1, 0.15) is 10.4 Å². The van der Waals surface area contributed by atoms with E-state index in [1.807, 2.05) is 0 Å². The average Bonchev–Trinajstić information content (AvgIpc) is 2.92. The number of amides is 3. The molecule has 0 radical (unpaired) electrons. The highest BCUT2D eigenvalue weighted by molar-refractivity contribution is 7.99. The lowest BCUT2D eigenvalue weighted by molar-refractivity contribution is -0.133. The normalized spacial score (nSPS) is 13.8. The van der Waals surface area contributed by atoms with Crippen LogP contribution >= 0.6 is 11.8 Å². The molecule has 0 unspecified atom stereocenters. The SMILES string of the molecule is O=C(O)CSCCNC(=O)c1ccc(N2CCNC2=O)cc1. The van der Waals surface area contributed by atoms with Gasteiger partial charge in [-0.2, -0.15) is 0 Å². The summed E-state index contributed by atoms with van der Waals surface area (Å²) in [5, 5.41) is 13.9. The molecule has 3 amide bonds. The summed E-state index contributed by atoms with van der Waals surface area (Å²) in [6.45, 7) is 1.65. The molecule has 1 saturated heterocycles. The largest absolute Gasteiger partial charge is 0.481 e. The lowest BCUT2D eigenvalue weighted by Crippen LogP contribution is -2.28. The number of urea groups is 1. The Bertz CT molecular complexity index is 562. The van der Waals surface area contributed by atoms with Gasteiger partial charge in [0, 0.05) is 36.6 Å². The van der Waals surface area contributed by atoms with Crippen LogP contribution in [0.25, 0.3) is 0 Å². The second kappa shape index (κ2) is 7.69. The molecule has 0 spiro atoms. The third kappa shape index (κ3) is 4.39. The quantitative estimate of drug-likeness (QED) is 0.644. The molecule has 0 atom stereocenters. The maximum absolute atomic E-state index is 11.9. The van der Waals surface area contributed by atoms with Gasteiger partial charge in [-0.05, 0) is 24.3 Å². The molecule has 2 rings (SSSR count). The number of thioether (sulfide) groups is 1. The van der Waals surface area contributed by atoms with E-state index in [0.717, 1.165) is 5.69 Å². The Balaban J connectivity index is 1.81. The van der Waals surface area contributed by atoms with Gasteiger partial charge in [0.15, 0.2) is 0 Å². The summed E-state index contributed by atoms with van der Waals surface area (Å²) in [6.07, 6.45) is 0. The van der Waals surface area contributed by atoms with Crippen LogP contribution < -0.4 is 15.5 Å². The highest BCUT2D eigenvalue weighted by Gasteiger charge is 2.21. The van der Waals surface area contributed by atoms with Gasteiger partial charge in [-0.3, -0.25) is 14.5 Å². The fourth-order valence-corrected chi connectivity index (χ4v) is 2.57. The molecule has 7 nitrogen and oxygen atoms in total. The van der Waals surface area contributed by atoms with Crippen molar-refractivity contribution >= 4 is 35.4 Å². The second-order valence-electron chi connectivity index (χ2n) is 4.63. The van der Waals surface area contributed by atoms with Crippen molar-refractivity contribution in [3.05, 3.63) is 29.8 Å². The number of carboxylic acids is 1. The lowest BCUT2D eigenvalue weighted by Gasteiger charge is -2.14. The van der Waals surface area contributed by atoms with E-state index >= 15 is 0 Å². The number of carbonyl (C=O) groups excluding carboxylic acids is 2. The molecule has 118 valence electrons. The summed E-state index contributed by atoms with van der Waals surface area (Å²) in [5.41, 5.74) is 1.26. The Morgan fingerprint density at radius 2 is 2.05 bits per heavy atom. The first-order valence-electron chi connectivity index (χ1n) is 6.81. The van der Waals surface area contributed by atoms with Gasteiger partial charge in [-0.25, -0.2) is 4.79 Å². The Hall–Kier alpha value is -2.22. The number of nitrogens with one attached hydrogen (secondary N) is 2. The summed E-state index contributed by atoms with van der Waals surface area (Å²) in [7, 11) is 0. The molecule has 0 aliphatic carbocycles. The van der Waals surface area contributed by atoms with Crippen molar-refractivity contribution in [3.8, 4) is 0 Å². The average molecular weight is 323 g/mol. The molecule has 0 bridgehead atoms. The molecule has 22 heavy (non-hydrogen) atoms. The predicted octanol–water partition coefficient (Wildman–Crippen LogP) is 0.764. The minimum atomic E-state index is -0.863. The van der Waals surface area contributed by atoms with E-state index < -0.39 is 5.97 Å². The van der Waals surface area contributed by atoms with Gasteiger partial charge in [0.25, 0.3) is 5.91 Å². The number of anilines is 1. The maximum Gasteiger partial charge on any atom is 0.321 e. The van der Waals surface area contributed by atoms with E-state index in [1.54, 1.807) is 29.2 Å². The molecule has 1 aliphatic rings. The van der Waals surface area contributed by atoms with Gasteiger partial charge < -0.3 is 15.7 Å². The van der Waals surface area contributed by atoms with Crippen LogP contribution in [0.5, 0.6) is 0 Å². The van der Waals surface area contributed by atoms with E-state index in [-0.39, 0.29) is 17.7 Å². The molecule has 8 heteroatoms. The first kappa shape index (κ1) is 16.2. The van der Waals surface area contributed by atoms with Crippen molar-refractivity contribution in [2.45, 2.75) is 0 Å². The van der Waals surface area contributed by atoms with E-state index in [1.165, 1.54) is 11.8 Å². The number of benzene rings is 1. The fraction of sp³-hybridized carbons (Fsp3) is 0.357. The van der Waals surface area contributed by atoms with E-state index in [4.69, 9.17) is 5.11 Å². The van der Waals surface area contributed by atoms with Gasteiger partial charge in [-0.1, -0.05) is 0 Å². The Morgan fingerprint density at radius 1 is 1.32 bits per heavy atom. The molecule has 1 aromatic carbocycles. The number of aliphatic carboxylic acids is 1. The number of nitrogens with zero attached hydrogens (tertiary/aromatic N) is 1. The van der Waals surface area contributed by atoms with Crippen molar-refractivity contribution in [1.29, 1.82) is 0 Å². The van der Waals surface area contributed by atoms with Crippen LogP contribution in [0.3, 0.4) is 0 Å². The van der Waals surface area contributed by atoms with Crippen molar-refractivity contribution in [2.75, 3.05) is 36.0 Å². The highest BCUT2D eigenvalue weighted by atomic mass is 32.2. The number of hydrogen-bond acceptors (Lipinski definition) is 4. The van der Waals surface area contributed by atoms with Crippen LogP contribution in [0, 0.1) is 0 Å². The van der Waals surface area contributed by atoms with Crippen LogP contribution in [-0.4, -0.2) is 54.2 Å². The number of hydrogen-bond donors (Lipinski definition) is 3. The minimum absolute atomic E-state index is 0.0302. The summed E-state index contributed by atoms with van der Waals surface area (Å²) in [5.74, 6) is -0.502. The van der Waals surface area contributed by atoms with Crippen molar-refractivity contribution in [2.24, 2.45) is 0 Å². The zero-order valence-electron chi connectivity index (χ0n) is 11.9. The molecule has 1 heterocycles. The Kier molecular flexibility index (Phi) is 5.65. The third-order valence-corrected chi connectivity index (χ3v) is 4.00. The molecular weight excluding hydrogens is 306 g/mol. The van der Waals surface area contributed by atoms with E-state index in [0.29, 0.717) is 31.0 Å². The van der Waals surface area contributed by atoms with E-state index in [2.05, 4.69) is 10.6 Å². The Morgan fingerprint density at radius 3 is 2.64 bits per heavy atom. The van der Waals surface area contributed by atoms with Gasteiger partial charge in [0.05, 0.1) is 5.75 Å². The summed E-state index contributed by atoms with van der Waals surface area (Å²) < 4.78 is 0. The highest BCUT2D eigenvalue weighted by Crippen LogP contribution is 2.17. The maximum atomic E-state index is 11.9. The van der Waals surface area contributed by atoms with Gasteiger partial charge in [-0.15, -0.1) is 11.8 Å². The van der Waals surface area contributed by atoms with E-state index in [9.17, 15) is 14.4 Å². The van der Waals surface area contributed by atoms with Crippen molar-refractivity contribution in [3.63, 3.8) is 0 Å². The zero-order chi connectivity index (χ0) is 15.9.